The van der Waals surface area contributed by atoms with Crippen LogP contribution in [0.2, 0.25) is 0 Å². The lowest BCUT2D eigenvalue weighted by molar-refractivity contribution is 0.0948. The predicted octanol–water partition coefficient (Wildman–Crippen LogP) is 2.62. The zero-order valence-corrected chi connectivity index (χ0v) is 14.4. The van der Waals surface area contributed by atoms with Gasteiger partial charge in [-0.1, -0.05) is 13.8 Å². The highest BCUT2D eigenvalue weighted by atomic mass is 35.5. The number of hydrogen-bond acceptors (Lipinski definition) is 4. The van der Waals surface area contributed by atoms with Gasteiger partial charge in [0.2, 0.25) is 0 Å². The number of ether oxygens (including phenoxy) is 2. The number of benzene rings is 1. The third-order valence-corrected chi connectivity index (χ3v) is 2.98. The van der Waals surface area contributed by atoms with E-state index in [1.54, 1.807) is 18.2 Å². The van der Waals surface area contributed by atoms with Gasteiger partial charge >= 0.3 is 0 Å². The van der Waals surface area contributed by atoms with Crippen molar-refractivity contribution < 1.29 is 14.3 Å². The number of hydrogen-bond donors (Lipinski definition) is 2. The molecular weight excluding hydrogens is 304 g/mol. The van der Waals surface area contributed by atoms with Crippen LogP contribution in [-0.4, -0.2) is 32.2 Å². The van der Waals surface area contributed by atoms with Gasteiger partial charge in [-0.2, -0.15) is 0 Å². The molecule has 0 aliphatic heterocycles. The maximum Gasteiger partial charge on any atom is 0.251 e. The summed E-state index contributed by atoms with van der Waals surface area (Å²) in [6.45, 7) is 8.20. The molecule has 126 valence electrons. The number of amides is 1. The van der Waals surface area contributed by atoms with Crippen LogP contribution in [0.25, 0.3) is 0 Å². The molecule has 1 rings (SSSR count). The predicted molar refractivity (Wildman–Crippen MR) is 91.2 cm³/mol. The van der Waals surface area contributed by atoms with E-state index < -0.39 is 0 Å². The van der Waals surface area contributed by atoms with Gasteiger partial charge in [0.1, 0.15) is 0 Å². The van der Waals surface area contributed by atoms with Crippen molar-refractivity contribution in [2.45, 2.75) is 27.2 Å². The summed E-state index contributed by atoms with van der Waals surface area (Å²) >= 11 is 0. The van der Waals surface area contributed by atoms with E-state index in [0.717, 1.165) is 6.42 Å². The summed E-state index contributed by atoms with van der Waals surface area (Å²) in [5, 5.41) is 2.87. The molecule has 0 radical (unpaired) electrons. The molecule has 0 heterocycles. The van der Waals surface area contributed by atoms with E-state index in [4.69, 9.17) is 15.2 Å². The molecule has 22 heavy (non-hydrogen) atoms. The van der Waals surface area contributed by atoms with Crippen molar-refractivity contribution in [2.24, 2.45) is 11.7 Å². The van der Waals surface area contributed by atoms with Crippen LogP contribution >= 0.6 is 12.4 Å². The van der Waals surface area contributed by atoms with Crippen molar-refractivity contribution >= 4 is 18.3 Å². The van der Waals surface area contributed by atoms with Gasteiger partial charge in [0.15, 0.2) is 11.5 Å². The molecule has 1 amide bonds. The molecule has 0 bridgehead atoms. The average Bonchev–Trinajstić information content (AvgIpc) is 2.51. The molecule has 3 N–H and O–H groups in total. The molecule has 0 aliphatic rings. The molecule has 1 aromatic rings. The third kappa shape index (κ3) is 6.54. The van der Waals surface area contributed by atoms with Crippen LogP contribution in [-0.2, 0) is 0 Å². The molecule has 1 aromatic carbocycles. The number of nitrogens with one attached hydrogen (secondary N) is 1. The fourth-order valence-corrected chi connectivity index (χ4v) is 1.70. The molecule has 0 aromatic heterocycles. The number of carbonyl (C=O) groups excluding carboxylic acids is 1. The van der Waals surface area contributed by atoms with Gasteiger partial charge in [-0.15, -0.1) is 12.4 Å². The Morgan fingerprint density at radius 2 is 2.00 bits per heavy atom. The van der Waals surface area contributed by atoms with Gasteiger partial charge < -0.3 is 20.5 Å². The minimum absolute atomic E-state index is 0. The lowest BCUT2D eigenvalue weighted by Crippen LogP contribution is -2.31. The molecule has 0 spiro atoms. The van der Waals surface area contributed by atoms with Crippen LogP contribution < -0.4 is 20.5 Å². The van der Waals surface area contributed by atoms with Crippen molar-refractivity contribution in [3.05, 3.63) is 23.8 Å². The molecule has 5 nitrogen and oxygen atoms in total. The van der Waals surface area contributed by atoms with Gasteiger partial charge in [0.25, 0.3) is 5.91 Å². The standard InChI is InChI=1S/C16H26N2O3.ClH/c1-4-8-21-14-7-6-13(9-15(14)20-5-2)16(19)18-11-12(3)10-17;/h6-7,9,12H,4-5,8,10-11,17H2,1-3H3,(H,18,19);1H. The first-order valence-electron chi connectivity index (χ1n) is 7.50. The number of rotatable bonds is 9. The second-order valence-electron chi connectivity index (χ2n) is 4.99. The number of nitrogens with two attached hydrogens (primary N) is 1. The van der Waals surface area contributed by atoms with Crippen molar-refractivity contribution in [1.82, 2.24) is 5.32 Å². The second kappa shape index (κ2) is 11.2. The van der Waals surface area contributed by atoms with E-state index in [9.17, 15) is 4.79 Å². The Morgan fingerprint density at radius 1 is 1.27 bits per heavy atom. The van der Waals surface area contributed by atoms with Gasteiger partial charge in [0, 0.05) is 12.1 Å². The van der Waals surface area contributed by atoms with Crippen LogP contribution in [0.4, 0.5) is 0 Å². The van der Waals surface area contributed by atoms with Crippen LogP contribution in [0.3, 0.4) is 0 Å². The highest BCUT2D eigenvalue weighted by Crippen LogP contribution is 2.28. The van der Waals surface area contributed by atoms with Crippen LogP contribution in [0.1, 0.15) is 37.6 Å². The second-order valence-corrected chi connectivity index (χ2v) is 4.99. The Hall–Kier alpha value is -1.46. The smallest absolute Gasteiger partial charge is 0.251 e. The lowest BCUT2D eigenvalue weighted by Gasteiger charge is -2.14. The third-order valence-electron chi connectivity index (χ3n) is 2.98. The van der Waals surface area contributed by atoms with E-state index in [0.29, 0.717) is 43.4 Å². The molecular formula is C16H27ClN2O3. The Morgan fingerprint density at radius 3 is 2.59 bits per heavy atom. The van der Waals surface area contributed by atoms with Crippen LogP contribution in [0.15, 0.2) is 18.2 Å². The highest BCUT2D eigenvalue weighted by molar-refractivity contribution is 5.94. The van der Waals surface area contributed by atoms with Crippen molar-refractivity contribution in [1.29, 1.82) is 0 Å². The van der Waals surface area contributed by atoms with Crippen LogP contribution in [0.5, 0.6) is 11.5 Å². The Bertz CT molecular complexity index is 455. The molecule has 1 unspecified atom stereocenters. The summed E-state index contributed by atoms with van der Waals surface area (Å²) in [6.07, 6.45) is 0.921. The zero-order valence-electron chi connectivity index (χ0n) is 13.6. The summed E-state index contributed by atoms with van der Waals surface area (Å²) in [5.41, 5.74) is 6.10. The SMILES string of the molecule is CCCOc1ccc(C(=O)NCC(C)CN)cc1OCC.Cl. The normalized spacial score (nSPS) is 11.3. The first-order chi connectivity index (χ1) is 10.1. The van der Waals surface area contributed by atoms with Crippen molar-refractivity contribution in [3.63, 3.8) is 0 Å². The average molecular weight is 331 g/mol. The minimum Gasteiger partial charge on any atom is -0.490 e. The lowest BCUT2D eigenvalue weighted by atomic mass is 10.1. The summed E-state index contributed by atoms with van der Waals surface area (Å²) in [5.74, 6) is 1.40. The van der Waals surface area contributed by atoms with E-state index >= 15 is 0 Å². The maximum absolute atomic E-state index is 12.1. The Kier molecular flexibility index (Phi) is 10.4. The number of halogens is 1. The van der Waals surface area contributed by atoms with Gasteiger partial charge in [0.05, 0.1) is 13.2 Å². The molecule has 0 fully saturated rings. The van der Waals surface area contributed by atoms with Crippen LogP contribution in [0, 0.1) is 5.92 Å². The summed E-state index contributed by atoms with van der Waals surface area (Å²) < 4.78 is 11.2. The van der Waals surface area contributed by atoms with E-state index in [1.165, 1.54) is 0 Å². The Balaban J connectivity index is 0.00000441. The zero-order chi connectivity index (χ0) is 15.7. The fraction of sp³-hybridized carbons (Fsp3) is 0.562. The first kappa shape index (κ1) is 20.5. The topological polar surface area (TPSA) is 73.6 Å². The fourth-order valence-electron chi connectivity index (χ4n) is 1.70. The molecule has 0 aliphatic carbocycles. The summed E-state index contributed by atoms with van der Waals surface area (Å²) in [6, 6.07) is 5.24. The quantitative estimate of drug-likeness (QED) is 0.730. The van der Waals surface area contributed by atoms with Crippen molar-refractivity contribution in [2.75, 3.05) is 26.3 Å². The van der Waals surface area contributed by atoms with Crippen molar-refractivity contribution in [3.8, 4) is 11.5 Å². The molecule has 6 heteroatoms. The molecule has 1 atom stereocenters. The monoisotopic (exact) mass is 330 g/mol. The summed E-state index contributed by atoms with van der Waals surface area (Å²) in [7, 11) is 0. The Labute approximate surface area is 139 Å². The number of carbonyl (C=O) groups is 1. The van der Waals surface area contributed by atoms with Gasteiger partial charge in [-0.25, -0.2) is 0 Å². The highest BCUT2D eigenvalue weighted by Gasteiger charge is 2.12. The van der Waals surface area contributed by atoms with Gasteiger partial charge in [-0.05, 0) is 44.0 Å². The largest absolute Gasteiger partial charge is 0.490 e. The van der Waals surface area contributed by atoms with E-state index in [1.807, 2.05) is 20.8 Å². The minimum atomic E-state index is -0.127. The maximum atomic E-state index is 12.1. The van der Waals surface area contributed by atoms with E-state index in [2.05, 4.69) is 5.32 Å². The van der Waals surface area contributed by atoms with E-state index in [-0.39, 0.29) is 24.2 Å². The summed E-state index contributed by atoms with van der Waals surface area (Å²) in [4.78, 5) is 12.1. The van der Waals surface area contributed by atoms with Gasteiger partial charge in [-0.3, -0.25) is 4.79 Å². The first-order valence-corrected chi connectivity index (χ1v) is 7.50. The molecule has 0 saturated heterocycles. The molecule has 0 saturated carbocycles.